The molecule has 6 nitrogen and oxygen atoms in total. The maximum atomic E-state index is 9.11. The van der Waals surface area contributed by atoms with Crippen LogP contribution in [-0.4, -0.2) is 26.5 Å². The number of hydrogen-bond acceptors (Lipinski definition) is 6. The fourth-order valence-electron chi connectivity index (χ4n) is 1.15. The van der Waals surface area contributed by atoms with Gasteiger partial charge in [0.15, 0.2) is 0 Å². The van der Waals surface area contributed by atoms with Crippen LogP contribution in [0.4, 0.5) is 5.95 Å². The predicted octanol–water partition coefficient (Wildman–Crippen LogP) is 1.07. The quantitative estimate of drug-likeness (QED) is 0.471. The van der Waals surface area contributed by atoms with Crippen molar-refractivity contribution in [1.82, 2.24) is 20.4 Å². The van der Waals surface area contributed by atoms with Gasteiger partial charge in [0.25, 0.3) is 0 Å². The molecular weight excluding hydrogens is 228 g/mol. The van der Waals surface area contributed by atoms with Gasteiger partial charge in [0.1, 0.15) is 18.7 Å². The van der Waals surface area contributed by atoms with Gasteiger partial charge in [0.2, 0.25) is 10.9 Å². The van der Waals surface area contributed by atoms with E-state index >= 15 is 0 Å². The molecule has 0 aliphatic carbocycles. The molecule has 1 atom stereocenters. The Morgan fingerprint density at radius 2 is 2.12 bits per heavy atom. The highest BCUT2D eigenvalue weighted by molar-refractivity contribution is 6.27. The zero-order chi connectivity index (χ0) is 12.0. The van der Waals surface area contributed by atoms with Gasteiger partial charge in [0.05, 0.1) is 0 Å². The number of nitrogens with one attached hydrogen (secondary N) is 1. The van der Waals surface area contributed by atoms with Crippen molar-refractivity contribution in [2.24, 2.45) is 0 Å². The molecule has 0 saturated carbocycles. The molecule has 0 aliphatic heterocycles. The first-order valence-corrected chi connectivity index (χ1v) is 5.31. The zero-order valence-electron chi connectivity index (χ0n) is 9.18. The predicted molar refractivity (Wildman–Crippen MR) is 60.5 cm³/mol. The van der Waals surface area contributed by atoms with Crippen LogP contribution in [-0.2, 0) is 0 Å². The van der Waals surface area contributed by atoms with Crippen molar-refractivity contribution in [2.75, 3.05) is 11.6 Å². The van der Waals surface area contributed by atoms with Crippen molar-refractivity contribution in [3.63, 3.8) is 0 Å². The van der Waals surface area contributed by atoms with E-state index in [1.807, 2.05) is 19.9 Å². The summed E-state index contributed by atoms with van der Waals surface area (Å²) in [6.45, 7) is 4.34. The molecule has 7 heteroatoms. The van der Waals surface area contributed by atoms with Crippen molar-refractivity contribution < 1.29 is 0 Å². The zero-order valence-corrected chi connectivity index (χ0v) is 9.94. The third-order valence-electron chi connectivity index (χ3n) is 1.99. The Bertz CT molecular complexity index is 364. The van der Waals surface area contributed by atoms with E-state index in [1.54, 1.807) is 0 Å². The summed E-state index contributed by atoms with van der Waals surface area (Å²) in [5, 5.41) is 10.6. The summed E-state index contributed by atoms with van der Waals surface area (Å²) in [7, 11) is 0. The molecule has 0 bridgehead atoms. The Morgan fingerprint density at radius 3 is 2.56 bits per heavy atom. The Labute approximate surface area is 99.3 Å². The third-order valence-corrected chi connectivity index (χ3v) is 2.51. The van der Waals surface area contributed by atoms with Gasteiger partial charge < -0.3 is 0 Å². The highest BCUT2D eigenvalue weighted by Crippen LogP contribution is 2.25. The van der Waals surface area contributed by atoms with Gasteiger partial charge in [-0.05, 0) is 6.42 Å². The number of nitriles is 1. The minimum absolute atomic E-state index is 0.329. The van der Waals surface area contributed by atoms with Crippen LogP contribution < -0.4 is 10.4 Å². The van der Waals surface area contributed by atoms with Crippen molar-refractivity contribution in [2.45, 2.75) is 25.3 Å². The summed E-state index contributed by atoms with van der Waals surface area (Å²) in [4.78, 5) is 10.5. The van der Waals surface area contributed by atoms with E-state index in [1.165, 1.54) is 17.7 Å². The molecule has 86 valence electrons. The minimum Gasteiger partial charge on any atom is -0.241 e. The summed E-state index contributed by atoms with van der Waals surface area (Å²) in [5.41, 5.74) is 2.97. The van der Waals surface area contributed by atoms with Crippen LogP contribution in [0.3, 0.4) is 0 Å². The first kappa shape index (κ1) is 12.6. The summed E-state index contributed by atoms with van der Waals surface area (Å²) in [5.74, 6) is 0.329. The second-order valence-electron chi connectivity index (χ2n) is 3.01. The Morgan fingerprint density at radius 1 is 1.50 bits per heavy atom. The van der Waals surface area contributed by atoms with Gasteiger partial charge in [-0.15, -0.1) is 0 Å². The maximum absolute atomic E-state index is 9.11. The second-order valence-corrected chi connectivity index (χ2v) is 3.64. The van der Waals surface area contributed by atoms with E-state index < -0.39 is 5.00 Å². The Kier molecular flexibility index (Phi) is 4.40. The van der Waals surface area contributed by atoms with Crippen LogP contribution in [0.1, 0.15) is 20.3 Å². The lowest BCUT2D eigenvalue weighted by molar-refractivity contribution is 0.522. The largest absolute Gasteiger partial charge is 0.245 e. The molecule has 1 unspecified atom stereocenters. The standard InChI is InChI=1S/C9H13ClN6/c1-3-9(10,5-11)16(15-4-2)8-13-6-12-7-14-8/h6-7,15H,3-4H2,1-2H3. The normalized spacial score (nSPS) is 13.9. The number of aromatic nitrogens is 3. The molecule has 1 aromatic heterocycles. The molecule has 1 heterocycles. The monoisotopic (exact) mass is 240 g/mol. The first-order valence-electron chi connectivity index (χ1n) is 4.93. The van der Waals surface area contributed by atoms with E-state index in [4.69, 9.17) is 16.9 Å². The third kappa shape index (κ3) is 2.56. The topological polar surface area (TPSA) is 77.7 Å². The fraction of sp³-hybridized carbons (Fsp3) is 0.556. The summed E-state index contributed by atoms with van der Waals surface area (Å²) < 4.78 is 0. The molecule has 1 aromatic rings. The minimum atomic E-state index is -1.20. The van der Waals surface area contributed by atoms with E-state index in [0.717, 1.165) is 0 Å². The van der Waals surface area contributed by atoms with Crippen molar-refractivity contribution in [3.05, 3.63) is 12.7 Å². The van der Waals surface area contributed by atoms with E-state index in [0.29, 0.717) is 18.9 Å². The van der Waals surface area contributed by atoms with Gasteiger partial charge >= 0.3 is 0 Å². The number of halogens is 1. The number of alkyl halides is 1. The summed E-state index contributed by atoms with van der Waals surface area (Å²) in [6.07, 6.45) is 3.15. The molecule has 0 radical (unpaired) electrons. The molecular formula is C9H13ClN6. The van der Waals surface area contributed by atoms with Gasteiger partial charge in [-0.2, -0.15) is 15.2 Å². The molecule has 0 aliphatic rings. The molecule has 0 amide bonds. The molecule has 0 aromatic carbocycles. The van der Waals surface area contributed by atoms with Crippen LogP contribution in [0.15, 0.2) is 12.7 Å². The van der Waals surface area contributed by atoms with Gasteiger partial charge in [-0.1, -0.05) is 25.4 Å². The maximum Gasteiger partial charge on any atom is 0.245 e. The van der Waals surface area contributed by atoms with Gasteiger partial charge in [-0.3, -0.25) is 0 Å². The highest BCUT2D eigenvalue weighted by Gasteiger charge is 2.34. The average Bonchev–Trinajstić information content (AvgIpc) is 2.36. The van der Waals surface area contributed by atoms with Crippen LogP contribution in [0.5, 0.6) is 0 Å². The van der Waals surface area contributed by atoms with Crippen molar-refractivity contribution >= 4 is 17.5 Å². The first-order chi connectivity index (χ1) is 7.68. The number of hydrogen-bond donors (Lipinski definition) is 1. The number of rotatable bonds is 5. The lowest BCUT2D eigenvalue weighted by Crippen LogP contribution is -2.52. The molecule has 0 spiro atoms. The van der Waals surface area contributed by atoms with Crippen LogP contribution in [0, 0.1) is 11.3 Å². The second kappa shape index (κ2) is 5.58. The van der Waals surface area contributed by atoms with E-state index in [9.17, 15) is 0 Å². The summed E-state index contributed by atoms with van der Waals surface area (Å²) >= 11 is 6.19. The number of hydrazine groups is 1. The molecule has 0 saturated heterocycles. The fourth-order valence-corrected chi connectivity index (χ4v) is 1.28. The average molecular weight is 241 g/mol. The lowest BCUT2D eigenvalue weighted by atomic mass is 10.2. The van der Waals surface area contributed by atoms with Crippen molar-refractivity contribution in [1.29, 1.82) is 5.26 Å². The SMILES string of the molecule is CCNN(c1ncncn1)C(Cl)(C#N)CC. The van der Waals surface area contributed by atoms with Gasteiger partial charge in [0, 0.05) is 6.54 Å². The molecule has 1 rings (SSSR count). The molecule has 1 N–H and O–H groups in total. The molecule has 16 heavy (non-hydrogen) atoms. The highest BCUT2D eigenvalue weighted by atomic mass is 35.5. The number of anilines is 1. The van der Waals surface area contributed by atoms with Gasteiger partial charge in [-0.25, -0.2) is 15.4 Å². The summed E-state index contributed by atoms with van der Waals surface area (Å²) in [6, 6.07) is 2.04. The Hall–Kier alpha value is -1.45. The van der Waals surface area contributed by atoms with Crippen LogP contribution in [0.25, 0.3) is 0 Å². The van der Waals surface area contributed by atoms with E-state index in [2.05, 4.69) is 20.4 Å². The van der Waals surface area contributed by atoms with E-state index in [-0.39, 0.29) is 0 Å². The van der Waals surface area contributed by atoms with Crippen LogP contribution >= 0.6 is 11.6 Å². The smallest absolute Gasteiger partial charge is 0.241 e. The Balaban J connectivity index is 3.05. The molecule has 0 fully saturated rings. The van der Waals surface area contributed by atoms with Crippen LogP contribution in [0.2, 0.25) is 0 Å². The lowest BCUT2D eigenvalue weighted by Gasteiger charge is -2.32. The van der Waals surface area contributed by atoms with Crippen molar-refractivity contribution in [3.8, 4) is 6.07 Å². The number of nitrogens with zero attached hydrogens (tertiary/aromatic N) is 5.